The lowest BCUT2D eigenvalue weighted by Crippen LogP contribution is -2.30. The van der Waals surface area contributed by atoms with E-state index in [-0.39, 0.29) is 16.8 Å². The van der Waals surface area contributed by atoms with Gasteiger partial charge in [0, 0.05) is 24.0 Å². The van der Waals surface area contributed by atoms with Crippen LogP contribution in [0.4, 0.5) is 0 Å². The van der Waals surface area contributed by atoms with E-state index in [0.717, 1.165) is 5.69 Å². The van der Waals surface area contributed by atoms with Crippen LogP contribution in [-0.2, 0) is 11.3 Å². The van der Waals surface area contributed by atoms with Gasteiger partial charge in [-0.05, 0) is 44.6 Å². The van der Waals surface area contributed by atoms with Crippen molar-refractivity contribution in [3.8, 4) is 0 Å². The summed E-state index contributed by atoms with van der Waals surface area (Å²) in [6.07, 6.45) is 3.51. The maximum absolute atomic E-state index is 12.3. The molecule has 128 valence electrons. The smallest absolute Gasteiger partial charge is 0.307 e. The molecule has 0 spiro atoms. The Kier molecular flexibility index (Phi) is 5.19. The van der Waals surface area contributed by atoms with Gasteiger partial charge in [-0.15, -0.1) is 0 Å². The first-order valence-electron chi connectivity index (χ1n) is 8.55. The summed E-state index contributed by atoms with van der Waals surface area (Å²) in [5.74, 6) is 0.645. The summed E-state index contributed by atoms with van der Waals surface area (Å²) in [5, 5.41) is 5.06. The number of thiazole rings is 1. The first kappa shape index (κ1) is 17.0. The van der Waals surface area contributed by atoms with Gasteiger partial charge in [0.2, 0.25) is 5.91 Å². The monoisotopic (exact) mass is 344 g/mol. The first-order chi connectivity index (χ1) is 11.5. The highest BCUT2D eigenvalue weighted by molar-refractivity contribution is 7.07. The summed E-state index contributed by atoms with van der Waals surface area (Å²) in [6.45, 7) is 4.61. The largest absolute Gasteiger partial charge is 0.349 e. The Morgan fingerprint density at radius 2 is 2.00 bits per heavy atom. The molecule has 0 unspecified atom stereocenters. The number of benzene rings is 1. The minimum absolute atomic E-state index is 0.0587. The number of amides is 1. The number of aromatic nitrogens is 1. The van der Waals surface area contributed by atoms with E-state index in [1.807, 2.05) is 12.3 Å². The van der Waals surface area contributed by atoms with Gasteiger partial charge in [-0.1, -0.05) is 41.2 Å². The van der Waals surface area contributed by atoms with E-state index in [2.05, 4.69) is 36.5 Å². The zero-order valence-corrected chi connectivity index (χ0v) is 15.1. The molecule has 1 heterocycles. The van der Waals surface area contributed by atoms with Gasteiger partial charge in [0.1, 0.15) is 0 Å². The molecule has 1 fully saturated rings. The summed E-state index contributed by atoms with van der Waals surface area (Å²) < 4.78 is 1.75. The molecule has 0 bridgehead atoms. The molecule has 1 N–H and O–H groups in total. The molecule has 24 heavy (non-hydrogen) atoms. The van der Waals surface area contributed by atoms with Crippen LogP contribution < -0.4 is 10.2 Å². The highest BCUT2D eigenvalue weighted by Crippen LogP contribution is 2.41. The maximum Gasteiger partial charge on any atom is 0.307 e. The van der Waals surface area contributed by atoms with Crippen LogP contribution in [0.25, 0.3) is 0 Å². The topological polar surface area (TPSA) is 51.1 Å². The van der Waals surface area contributed by atoms with Crippen LogP contribution in [0.3, 0.4) is 0 Å². The fourth-order valence-electron chi connectivity index (χ4n) is 2.99. The number of carbonyl (C=O) groups is 1. The lowest BCUT2D eigenvalue weighted by molar-refractivity contribution is -0.122. The van der Waals surface area contributed by atoms with Crippen LogP contribution in [-0.4, -0.2) is 10.5 Å². The van der Waals surface area contributed by atoms with Crippen molar-refractivity contribution in [1.29, 1.82) is 0 Å². The van der Waals surface area contributed by atoms with Crippen LogP contribution >= 0.6 is 11.3 Å². The predicted molar refractivity (Wildman–Crippen MR) is 97.3 cm³/mol. The van der Waals surface area contributed by atoms with Crippen LogP contribution in [0.15, 0.2) is 34.4 Å². The van der Waals surface area contributed by atoms with Crippen molar-refractivity contribution in [2.75, 3.05) is 0 Å². The van der Waals surface area contributed by atoms with E-state index in [0.29, 0.717) is 25.3 Å². The third-order valence-corrected chi connectivity index (χ3v) is 5.49. The molecule has 2 aromatic rings. The highest BCUT2D eigenvalue weighted by Gasteiger charge is 2.33. The average molecular weight is 344 g/mol. The van der Waals surface area contributed by atoms with Crippen LogP contribution in [0, 0.1) is 19.8 Å². The summed E-state index contributed by atoms with van der Waals surface area (Å²) in [6, 6.07) is 8.56. The molecule has 1 aromatic heterocycles. The van der Waals surface area contributed by atoms with E-state index in [4.69, 9.17) is 0 Å². The summed E-state index contributed by atoms with van der Waals surface area (Å²) >= 11 is 1.22. The molecule has 4 nitrogen and oxygen atoms in total. The standard InChI is InChI=1S/C19H24N2O2S/c1-13-5-7-15(8-6-13)18(16-9-10-16)20-17(22)4-3-11-21-14(2)12-24-19(21)23/h5-8,12,16,18H,3-4,9-11H2,1-2H3,(H,20,22)/t18-/m0/s1. The Bertz CT molecular complexity index is 756. The minimum Gasteiger partial charge on any atom is -0.349 e. The Labute approximate surface area is 146 Å². The number of nitrogens with zero attached hydrogens (tertiary/aromatic N) is 1. The normalized spacial score (nSPS) is 15.2. The third-order valence-electron chi connectivity index (χ3n) is 4.61. The Hall–Kier alpha value is -1.88. The Morgan fingerprint density at radius 3 is 2.58 bits per heavy atom. The van der Waals surface area contributed by atoms with Gasteiger partial charge >= 0.3 is 4.87 Å². The molecule has 0 aliphatic heterocycles. The molecule has 3 rings (SSSR count). The van der Waals surface area contributed by atoms with Crippen LogP contribution in [0.2, 0.25) is 0 Å². The van der Waals surface area contributed by atoms with E-state index in [9.17, 15) is 9.59 Å². The first-order valence-corrected chi connectivity index (χ1v) is 9.43. The van der Waals surface area contributed by atoms with E-state index >= 15 is 0 Å². The second kappa shape index (κ2) is 7.34. The minimum atomic E-state index is 0.0587. The number of carbonyl (C=O) groups excluding carboxylic acids is 1. The van der Waals surface area contributed by atoms with Crippen molar-refractivity contribution in [3.63, 3.8) is 0 Å². The van der Waals surface area contributed by atoms with Crippen molar-refractivity contribution in [3.05, 3.63) is 56.1 Å². The van der Waals surface area contributed by atoms with Gasteiger partial charge in [-0.2, -0.15) is 0 Å². The highest BCUT2D eigenvalue weighted by atomic mass is 32.1. The molecular formula is C19H24N2O2S. The number of aryl methyl sites for hydroxylation is 2. The molecule has 1 aromatic carbocycles. The Balaban J connectivity index is 1.54. The fraction of sp³-hybridized carbons (Fsp3) is 0.474. The van der Waals surface area contributed by atoms with Gasteiger partial charge in [0.05, 0.1) is 6.04 Å². The van der Waals surface area contributed by atoms with Crippen molar-refractivity contribution in [2.24, 2.45) is 5.92 Å². The average Bonchev–Trinajstić information content (AvgIpc) is 3.35. The molecule has 1 amide bonds. The number of hydrogen-bond donors (Lipinski definition) is 1. The molecule has 1 atom stereocenters. The van der Waals surface area contributed by atoms with Crippen molar-refractivity contribution >= 4 is 17.2 Å². The molecule has 1 aliphatic carbocycles. The van der Waals surface area contributed by atoms with Crippen molar-refractivity contribution in [1.82, 2.24) is 9.88 Å². The lowest BCUT2D eigenvalue weighted by atomic mass is 10.0. The van der Waals surface area contributed by atoms with Crippen molar-refractivity contribution in [2.45, 2.75) is 52.1 Å². The van der Waals surface area contributed by atoms with Gasteiger partial charge in [-0.25, -0.2) is 0 Å². The molecule has 0 saturated heterocycles. The summed E-state index contributed by atoms with van der Waals surface area (Å²) in [7, 11) is 0. The van der Waals surface area contributed by atoms with Crippen LogP contribution in [0.1, 0.15) is 48.5 Å². The summed E-state index contributed by atoms with van der Waals surface area (Å²) in [4.78, 5) is 24.1. The number of rotatable bonds is 7. The van der Waals surface area contributed by atoms with Gasteiger partial charge < -0.3 is 9.88 Å². The molecule has 0 radical (unpaired) electrons. The second-order valence-electron chi connectivity index (χ2n) is 6.69. The van der Waals surface area contributed by atoms with Gasteiger partial charge in [0.25, 0.3) is 0 Å². The third kappa shape index (κ3) is 4.15. The Morgan fingerprint density at radius 1 is 1.29 bits per heavy atom. The SMILES string of the molecule is Cc1ccc([C@H](NC(=O)CCCn2c(C)csc2=O)C2CC2)cc1. The predicted octanol–water partition coefficient (Wildman–Crippen LogP) is 3.57. The number of nitrogens with one attached hydrogen (secondary N) is 1. The fourth-order valence-corrected chi connectivity index (χ4v) is 3.76. The zero-order valence-electron chi connectivity index (χ0n) is 14.2. The maximum atomic E-state index is 12.3. The number of hydrogen-bond acceptors (Lipinski definition) is 3. The van der Waals surface area contributed by atoms with Crippen LogP contribution in [0.5, 0.6) is 0 Å². The quantitative estimate of drug-likeness (QED) is 0.835. The van der Waals surface area contributed by atoms with E-state index < -0.39 is 0 Å². The zero-order chi connectivity index (χ0) is 17.1. The van der Waals surface area contributed by atoms with Crippen molar-refractivity contribution < 1.29 is 4.79 Å². The lowest BCUT2D eigenvalue weighted by Gasteiger charge is -2.19. The molecular weight excluding hydrogens is 320 g/mol. The van der Waals surface area contributed by atoms with E-state index in [1.165, 1.54) is 35.3 Å². The second-order valence-corrected chi connectivity index (χ2v) is 7.51. The van der Waals surface area contributed by atoms with E-state index in [1.54, 1.807) is 4.57 Å². The molecule has 5 heteroatoms. The molecule has 1 aliphatic rings. The van der Waals surface area contributed by atoms with Gasteiger partial charge in [0.15, 0.2) is 0 Å². The summed E-state index contributed by atoms with van der Waals surface area (Å²) in [5.41, 5.74) is 3.40. The van der Waals surface area contributed by atoms with Gasteiger partial charge in [-0.3, -0.25) is 9.59 Å². The molecule has 1 saturated carbocycles.